The number of pyridine rings is 1. The highest BCUT2D eigenvalue weighted by molar-refractivity contribution is 9.10. The Balaban J connectivity index is 2.83. The molecule has 0 bridgehead atoms. The van der Waals surface area contributed by atoms with Gasteiger partial charge in [0.25, 0.3) is 0 Å². The molecule has 2 rings (SSSR count). The second-order valence-corrected chi connectivity index (χ2v) is 3.69. The molecule has 0 aliphatic rings. The molecule has 4 heteroatoms. The van der Waals surface area contributed by atoms with Gasteiger partial charge in [-0.25, -0.2) is 4.98 Å². The molecule has 0 atom stereocenters. The van der Waals surface area contributed by atoms with Crippen LogP contribution in [0.1, 0.15) is 16.2 Å². The smallest absolute Gasteiger partial charge is 0.170 e. The third kappa shape index (κ3) is 1.27. The summed E-state index contributed by atoms with van der Waals surface area (Å²) in [5.74, 6) is 0. The molecule has 2 heterocycles. The lowest BCUT2D eigenvalue weighted by molar-refractivity contribution is 0.111. The Kier molecular flexibility index (Phi) is 1.92. The average Bonchev–Trinajstić information content (AvgIpc) is 2.42. The topological polar surface area (TPSA) is 34.4 Å². The number of hydrogen-bond donors (Lipinski definition) is 0. The Labute approximate surface area is 83.5 Å². The molecule has 0 spiro atoms. The van der Waals surface area contributed by atoms with E-state index in [1.54, 1.807) is 0 Å². The van der Waals surface area contributed by atoms with Crippen molar-refractivity contribution in [3.8, 4) is 0 Å². The third-order valence-electron chi connectivity index (χ3n) is 1.98. The van der Waals surface area contributed by atoms with Crippen LogP contribution in [-0.2, 0) is 0 Å². The first-order valence-corrected chi connectivity index (χ1v) is 4.61. The normalized spacial score (nSPS) is 10.6. The van der Waals surface area contributed by atoms with Crippen LogP contribution in [0.5, 0.6) is 0 Å². The summed E-state index contributed by atoms with van der Waals surface area (Å²) in [5, 5.41) is 0. The average molecular weight is 239 g/mol. The van der Waals surface area contributed by atoms with Gasteiger partial charge in [-0.2, -0.15) is 0 Å². The van der Waals surface area contributed by atoms with Gasteiger partial charge in [-0.15, -0.1) is 0 Å². The standard InChI is InChI=1S/C9H7BrN2O/c1-6-8(5-13)11-9-4-7(10)2-3-12(6)9/h2-5H,1H3. The molecule has 0 amide bonds. The fourth-order valence-corrected chi connectivity index (χ4v) is 1.60. The predicted octanol–water partition coefficient (Wildman–Crippen LogP) is 2.22. The molecule has 66 valence electrons. The summed E-state index contributed by atoms with van der Waals surface area (Å²) >= 11 is 3.35. The van der Waals surface area contributed by atoms with Gasteiger partial charge in [0, 0.05) is 10.7 Å². The van der Waals surface area contributed by atoms with Gasteiger partial charge in [0.15, 0.2) is 6.29 Å². The first-order chi connectivity index (χ1) is 6.22. The van der Waals surface area contributed by atoms with Crippen molar-refractivity contribution in [2.45, 2.75) is 6.92 Å². The number of carbonyl (C=O) groups is 1. The molecule has 0 radical (unpaired) electrons. The van der Waals surface area contributed by atoms with Gasteiger partial charge in [-0.05, 0) is 19.1 Å². The van der Waals surface area contributed by atoms with Crippen molar-refractivity contribution in [1.29, 1.82) is 0 Å². The minimum Gasteiger partial charge on any atom is -0.304 e. The highest BCUT2D eigenvalue weighted by Crippen LogP contribution is 2.15. The molecule has 0 aliphatic carbocycles. The zero-order chi connectivity index (χ0) is 9.42. The summed E-state index contributed by atoms with van der Waals surface area (Å²) in [4.78, 5) is 14.8. The van der Waals surface area contributed by atoms with E-state index in [-0.39, 0.29) is 0 Å². The van der Waals surface area contributed by atoms with Crippen LogP contribution in [0.2, 0.25) is 0 Å². The molecule has 0 N–H and O–H groups in total. The Morgan fingerprint density at radius 1 is 1.62 bits per heavy atom. The van der Waals surface area contributed by atoms with E-state index in [9.17, 15) is 4.79 Å². The quantitative estimate of drug-likeness (QED) is 0.715. The molecular formula is C9H7BrN2O. The molecule has 13 heavy (non-hydrogen) atoms. The number of nitrogens with zero attached hydrogens (tertiary/aromatic N) is 2. The Bertz CT molecular complexity index is 476. The molecule has 0 saturated heterocycles. The second-order valence-electron chi connectivity index (χ2n) is 2.77. The van der Waals surface area contributed by atoms with Crippen molar-refractivity contribution in [3.05, 3.63) is 34.2 Å². The molecule has 2 aromatic rings. The van der Waals surface area contributed by atoms with Crippen LogP contribution >= 0.6 is 15.9 Å². The van der Waals surface area contributed by atoms with Crippen LogP contribution < -0.4 is 0 Å². The number of rotatable bonds is 1. The van der Waals surface area contributed by atoms with Gasteiger partial charge in [0.2, 0.25) is 0 Å². The van der Waals surface area contributed by atoms with E-state index in [0.717, 1.165) is 22.1 Å². The minimum absolute atomic E-state index is 0.498. The van der Waals surface area contributed by atoms with Crippen molar-refractivity contribution in [3.63, 3.8) is 0 Å². The van der Waals surface area contributed by atoms with Gasteiger partial charge in [-0.3, -0.25) is 4.79 Å². The number of aldehydes is 1. The molecule has 0 saturated carbocycles. The minimum atomic E-state index is 0.498. The summed E-state index contributed by atoms with van der Waals surface area (Å²) in [6, 6.07) is 3.79. The summed E-state index contributed by atoms with van der Waals surface area (Å²) in [6.07, 6.45) is 2.66. The largest absolute Gasteiger partial charge is 0.304 e. The number of aromatic nitrogens is 2. The van der Waals surface area contributed by atoms with Crippen LogP contribution in [0.4, 0.5) is 0 Å². The highest BCUT2D eigenvalue weighted by Gasteiger charge is 2.06. The summed E-state index contributed by atoms with van der Waals surface area (Å²) in [7, 11) is 0. The zero-order valence-electron chi connectivity index (χ0n) is 6.99. The van der Waals surface area contributed by atoms with E-state index in [0.29, 0.717) is 5.69 Å². The maximum atomic E-state index is 10.6. The fourth-order valence-electron chi connectivity index (χ4n) is 1.27. The van der Waals surface area contributed by atoms with E-state index >= 15 is 0 Å². The summed E-state index contributed by atoms with van der Waals surface area (Å²) in [6.45, 7) is 1.87. The molecular weight excluding hydrogens is 232 g/mol. The van der Waals surface area contributed by atoms with E-state index in [1.165, 1.54) is 0 Å². The van der Waals surface area contributed by atoms with E-state index < -0.39 is 0 Å². The molecule has 0 unspecified atom stereocenters. The van der Waals surface area contributed by atoms with Crippen LogP contribution in [0.25, 0.3) is 5.65 Å². The molecule has 0 aliphatic heterocycles. The predicted molar refractivity (Wildman–Crippen MR) is 53.0 cm³/mol. The van der Waals surface area contributed by atoms with Crippen LogP contribution in [0.15, 0.2) is 22.8 Å². The Hall–Kier alpha value is -1.16. The first-order valence-electron chi connectivity index (χ1n) is 3.82. The molecule has 2 aromatic heterocycles. The van der Waals surface area contributed by atoms with Gasteiger partial charge in [0.05, 0.1) is 5.69 Å². The van der Waals surface area contributed by atoms with Gasteiger partial charge in [0.1, 0.15) is 11.3 Å². The SMILES string of the molecule is Cc1c(C=O)nc2cc(Br)ccn12. The van der Waals surface area contributed by atoms with Crippen LogP contribution in [0, 0.1) is 6.92 Å². The fraction of sp³-hybridized carbons (Fsp3) is 0.111. The number of imidazole rings is 1. The van der Waals surface area contributed by atoms with Crippen molar-refractivity contribution in [2.24, 2.45) is 0 Å². The molecule has 0 fully saturated rings. The van der Waals surface area contributed by atoms with Crippen molar-refractivity contribution >= 4 is 27.9 Å². The van der Waals surface area contributed by atoms with Crippen LogP contribution in [0.3, 0.4) is 0 Å². The second kappa shape index (κ2) is 2.96. The third-order valence-corrected chi connectivity index (χ3v) is 2.47. The van der Waals surface area contributed by atoms with E-state index in [4.69, 9.17) is 0 Å². The lowest BCUT2D eigenvalue weighted by Gasteiger charge is -1.95. The maximum absolute atomic E-state index is 10.6. The Morgan fingerprint density at radius 2 is 2.38 bits per heavy atom. The lowest BCUT2D eigenvalue weighted by Crippen LogP contribution is -1.87. The lowest BCUT2D eigenvalue weighted by atomic mass is 10.4. The van der Waals surface area contributed by atoms with Crippen LogP contribution in [-0.4, -0.2) is 15.7 Å². The van der Waals surface area contributed by atoms with Crippen molar-refractivity contribution < 1.29 is 4.79 Å². The summed E-state index contributed by atoms with van der Waals surface area (Å²) in [5.41, 5.74) is 2.16. The molecule has 3 nitrogen and oxygen atoms in total. The number of halogens is 1. The number of hydrogen-bond acceptors (Lipinski definition) is 2. The maximum Gasteiger partial charge on any atom is 0.170 e. The van der Waals surface area contributed by atoms with Crippen molar-refractivity contribution in [2.75, 3.05) is 0 Å². The summed E-state index contributed by atoms with van der Waals surface area (Å²) < 4.78 is 2.84. The highest BCUT2D eigenvalue weighted by atomic mass is 79.9. The number of fused-ring (bicyclic) bond motifs is 1. The zero-order valence-corrected chi connectivity index (χ0v) is 8.58. The van der Waals surface area contributed by atoms with Gasteiger partial charge in [-0.1, -0.05) is 15.9 Å². The number of carbonyl (C=O) groups excluding carboxylic acids is 1. The first kappa shape index (κ1) is 8.44. The van der Waals surface area contributed by atoms with Gasteiger partial charge >= 0.3 is 0 Å². The number of aryl methyl sites for hydroxylation is 1. The molecule has 0 aromatic carbocycles. The van der Waals surface area contributed by atoms with Crippen molar-refractivity contribution in [1.82, 2.24) is 9.38 Å². The monoisotopic (exact) mass is 238 g/mol. The van der Waals surface area contributed by atoms with Gasteiger partial charge < -0.3 is 4.40 Å². The Morgan fingerprint density at radius 3 is 3.08 bits per heavy atom. The van der Waals surface area contributed by atoms with E-state index in [1.807, 2.05) is 29.7 Å². The van der Waals surface area contributed by atoms with E-state index in [2.05, 4.69) is 20.9 Å².